The van der Waals surface area contributed by atoms with Crippen LogP contribution in [0.15, 0.2) is 24.5 Å². The van der Waals surface area contributed by atoms with E-state index in [1.165, 1.54) is 5.56 Å². The first-order valence-corrected chi connectivity index (χ1v) is 5.13. The molecule has 0 spiro atoms. The summed E-state index contributed by atoms with van der Waals surface area (Å²) in [5.41, 5.74) is 1.23. The number of ketones is 1. The minimum atomic E-state index is 0. The van der Waals surface area contributed by atoms with E-state index in [0.29, 0.717) is 12.2 Å². The first-order chi connectivity index (χ1) is 6.71. The largest absolute Gasteiger partial charge is 2.00 e. The first-order valence-electron chi connectivity index (χ1n) is 5.13. The number of carbonyl (C=O) groups excluding carboxylic acids is 1. The fourth-order valence-corrected chi connectivity index (χ4v) is 2.25. The third-order valence-electron chi connectivity index (χ3n) is 3.13. The van der Waals surface area contributed by atoms with Crippen molar-refractivity contribution in [3.05, 3.63) is 30.1 Å². The topological polar surface area (TPSA) is 30.0 Å². The van der Waals surface area contributed by atoms with Crippen molar-refractivity contribution in [3.8, 4) is 0 Å². The predicted octanol–water partition coefficient (Wildman–Crippen LogP) is -3.51. The fourth-order valence-electron chi connectivity index (χ4n) is 2.25. The second-order valence-corrected chi connectivity index (χ2v) is 4.37. The SMILES string of the molecule is CC1(c2cccnc2)CCCC(=O)C1.[Cu+2].[I-].[I-]. The summed E-state index contributed by atoms with van der Waals surface area (Å²) in [6.07, 6.45) is 7.22. The molecule has 1 fully saturated rings. The van der Waals surface area contributed by atoms with Gasteiger partial charge in [0.2, 0.25) is 0 Å². The molecule has 1 aromatic heterocycles. The van der Waals surface area contributed by atoms with Crippen LogP contribution in [0.2, 0.25) is 0 Å². The van der Waals surface area contributed by atoms with Crippen LogP contribution >= 0.6 is 0 Å². The third kappa shape index (κ3) is 5.12. The van der Waals surface area contributed by atoms with Gasteiger partial charge in [-0.3, -0.25) is 9.78 Å². The van der Waals surface area contributed by atoms with Crippen molar-refractivity contribution < 1.29 is 69.8 Å². The zero-order valence-electron chi connectivity index (χ0n) is 9.55. The van der Waals surface area contributed by atoms with E-state index in [-0.39, 0.29) is 70.4 Å². The number of carbonyl (C=O) groups is 1. The molecule has 1 aromatic rings. The van der Waals surface area contributed by atoms with Gasteiger partial charge in [0.25, 0.3) is 0 Å². The van der Waals surface area contributed by atoms with E-state index in [0.717, 1.165) is 19.3 Å². The van der Waals surface area contributed by atoms with E-state index < -0.39 is 0 Å². The zero-order valence-corrected chi connectivity index (χ0v) is 14.8. The molecule has 0 saturated heterocycles. The minimum absolute atomic E-state index is 0. The number of pyridine rings is 1. The van der Waals surface area contributed by atoms with Crippen molar-refractivity contribution in [2.45, 2.75) is 38.0 Å². The van der Waals surface area contributed by atoms with Crippen molar-refractivity contribution in [1.29, 1.82) is 0 Å². The molecule has 0 aromatic carbocycles. The van der Waals surface area contributed by atoms with Gasteiger partial charge in [-0.1, -0.05) is 13.0 Å². The Balaban J connectivity index is 0. The van der Waals surface area contributed by atoms with E-state index in [9.17, 15) is 4.79 Å². The summed E-state index contributed by atoms with van der Waals surface area (Å²) in [6.45, 7) is 2.17. The van der Waals surface area contributed by atoms with Gasteiger partial charge in [-0.15, -0.1) is 0 Å². The standard InChI is InChI=1S/C12H15NO.Cu.2HI/c1-12(6-2-5-11(14)8-12)10-4-3-7-13-9-10;;;/h3-4,7,9H,2,5-6,8H2,1H3;;2*1H/q;+2;;/p-2. The number of rotatable bonds is 1. The van der Waals surface area contributed by atoms with Crippen LogP contribution in [-0.2, 0) is 27.3 Å². The second-order valence-electron chi connectivity index (χ2n) is 4.37. The summed E-state index contributed by atoms with van der Waals surface area (Å²) in [5.74, 6) is 0.391. The van der Waals surface area contributed by atoms with Crippen molar-refractivity contribution >= 4 is 5.78 Å². The van der Waals surface area contributed by atoms with Crippen LogP contribution < -0.4 is 48.0 Å². The Hall–Kier alpha value is 0.799. The quantitative estimate of drug-likeness (QED) is 0.292. The van der Waals surface area contributed by atoms with Gasteiger partial charge in [0.05, 0.1) is 0 Å². The summed E-state index contributed by atoms with van der Waals surface area (Å²) < 4.78 is 0. The maximum absolute atomic E-state index is 11.4. The van der Waals surface area contributed by atoms with E-state index in [4.69, 9.17) is 0 Å². The Kier molecular flexibility index (Phi) is 10.4. The average Bonchev–Trinajstić information content (AvgIpc) is 2.19. The van der Waals surface area contributed by atoms with Gasteiger partial charge in [0, 0.05) is 30.7 Å². The Morgan fingerprint density at radius 3 is 2.59 bits per heavy atom. The molecule has 2 rings (SSSR count). The molecule has 1 heterocycles. The van der Waals surface area contributed by atoms with Crippen LogP contribution in [0, 0.1) is 0 Å². The van der Waals surface area contributed by atoms with Crippen LogP contribution in [0.1, 0.15) is 38.2 Å². The third-order valence-corrected chi connectivity index (χ3v) is 3.13. The van der Waals surface area contributed by atoms with E-state index >= 15 is 0 Å². The molecular weight excluding hydrogens is 491 g/mol. The van der Waals surface area contributed by atoms with Crippen LogP contribution in [0.5, 0.6) is 0 Å². The molecule has 0 bridgehead atoms. The van der Waals surface area contributed by atoms with Crippen molar-refractivity contribution in [2.24, 2.45) is 0 Å². The van der Waals surface area contributed by atoms with Gasteiger partial charge in [-0.05, 0) is 24.5 Å². The smallest absolute Gasteiger partial charge is 1.00 e. The van der Waals surface area contributed by atoms with Crippen LogP contribution in [0.25, 0.3) is 0 Å². The van der Waals surface area contributed by atoms with E-state index in [1.807, 2.05) is 12.3 Å². The van der Waals surface area contributed by atoms with Gasteiger partial charge in [-0.2, -0.15) is 0 Å². The van der Waals surface area contributed by atoms with Gasteiger partial charge in [0.1, 0.15) is 5.78 Å². The number of nitrogens with zero attached hydrogens (tertiary/aromatic N) is 1. The van der Waals surface area contributed by atoms with Gasteiger partial charge in [-0.25, -0.2) is 0 Å². The van der Waals surface area contributed by atoms with Gasteiger partial charge < -0.3 is 48.0 Å². The van der Waals surface area contributed by atoms with Crippen LogP contribution in [0.4, 0.5) is 0 Å². The molecule has 0 amide bonds. The first kappa shape index (κ1) is 20.1. The summed E-state index contributed by atoms with van der Waals surface area (Å²) in [5, 5.41) is 0. The normalized spacial score (nSPS) is 22.8. The molecule has 1 saturated carbocycles. The number of aromatic nitrogens is 1. The van der Waals surface area contributed by atoms with Crippen molar-refractivity contribution in [3.63, 3.8) is 0 Å². The number of halogens is 2. The molecule has 1 aliphatic rings. The molecule has 1 unspecified atom stereocenters. The number of hydrogen-bond donors (Lipinski definition) is 0. The van der Waals surface area contributed by atoms with Crippen LogP contribution in [-0.4, -0.2) is 10.8 Å². The Morgan fingerprint density at radius 1 is 1.35 bits per heavy atom. The van der Waals surface area contributed by atoms with Gasteiger partial charge >= 0.3 is 17.1 Å². The Bertz CT molecular complexity index is 348. The second kappa shape index (κ2) is 8.82. The molecule has 0 aliphatic heterocycles. The fraction of sp³-hybridized carbons (Fsp3) is 0.500. The molecular formula is C12H15CuI2NO. The van der Waals surface area contributed by atoms with E-state index in [1.54, 1.807) is 6.20 Å². The average molecular weight is 507 g/mol. The van der Waals surface area contributed by atoms with Gasteiger partial charge in [0.15, 0.2) is 0 Å². The minimum Gasteiger partial charge on any atom is -1.00 e. The molecule has 1 radical (unpaired) electrons. The Labute approximate surface area is 147 Å². The zero-order chi connectivity index (χ0) is 10.0. The molecule has 1 aliphatic carbocycles. The number of hydrogen-bond acceptors (Lipinski definition) is 2. The molecule has 17 heavy (non-hydrogen) atoms. The predicted molar refractivity (Wildman–Crippen MR) is 55.1 cm³/mol. The Morgan fingerprint density at radius 2 is 2.06 bits per heavy atom. The maximum Gasteiger partial charge on any atom is 2.00 e. The van der Waals surface area contributed by atoms with Crippen molar-refractivity contribution in [1.82, 2.24) is 4.98 Å². The molecule has 2 nitrogen and oxygen atoms in total. The maximum atomic E-state index is 11.4. The monoisotopic (exact) mass is 506 g/mol. The van der Waals surface area contributed by atoms with Crippen molar-refractivity contribution in [2.75, 3.05) is 0 Å². The van der Waals surface area contributed by atoms with E-state index in [2.05, 4.69) is 18.0 Å². The summed E-state index contributed by atoms with van der Waals surface area (Å²) in [7, 11) is 0. The summed E-state index contributed by atoms with van der Waals surface area (Å²) in [4.78, 5) is 15.6. The van der Waals surface area contributed by atoms with Crippen LogP contribution in [0.3, 0.4) is 0 Å². The molecule has 0 N–H and O–H groups in total. The number of Topliss-reactive ketones (excluding diaryl/α,β-unsaturated/α-hetero) is 1. The summed E-state index contributed by atoms with van der Waals surface area (Å²) >= 11 is 0. The molecule has 1 atom stereocenters. The molecule has 99 valence electrons. The summed E-state index contributed by atoms with van der Waals surface area (Å²) in [6, 6.07) is 4.02. The molecule has 5 heteroatoms.